The number of aryl methyl sites for hydroxylation is 1. The van der Waals surface area contributed by atoms with E-state index in [1.807, 2.05) is 18.2 Å². The highest BCUT2D eigenvalue weighted by Crippen LogP contribution is 2.18. The van der Waals surface area contributed by atoms with Gasteiger partial charge in [0.25, 0.3) is 0 Å². The van der Waals surface area contributed by atoms with Crippen LogP contribution in [0, 0.1) is 0 Å². The topological polar surface area (TPSA) is 47.6 Å². The Bertz CT molecular complexity index is 910. The molecule has 3 aromatic carbocycles. The molecule has 0 spiro atoms. The number of benzene rings is 3. The number of nitrogens with one attached hydrogen (secondary N) is 1. The van der Waals surface area contributed by atoms with Crippen molar-refractivity contribution in [3.8, 4) is 0 Å². The van der Waals surface area contributed by atoms with Gasteiger partial charge in [-0.25, -0.2) is 4.79 Å². The van der Waals surface area contributed by atoms with E-state index in [0.29, 0.717) is 12.1 Å². The van der Waals surface area contributed by atoms with Crippen LogP contribution >= 0.6 is 0 Å². The van der Waals surface area contributed by atoms with Gasteiger partial charge in [0.1, 0.15) is 0 Å². The van der Waals surface area contributed by atoms with Crippen molar-refractivity contribution >= 4 is 5.97 Å². The maximum atomic E-state index is 11.6. The van der Waals surface area contributed by atoms with Crippen molar-refractivity contribution in [2.45, 2.75) is 38.3 Å². The highest BCUT2D eigenvalue weighted by Gasteiger charge is 2.12. The number of rotatable bonds is 13. The van der Waals surface area contributed by atoms with Gasteiger partial charge in [-0.05, 0) is 48.1 Å². The summed E-state index contributed by atoms with van der Waals surface area (Å²) < 4.78 is 11.0. The van der Waals surface area contributed by atoms with Crippen LogP contribution in [0.25, 0.3) is 0 Å². The Hall–Kier alpha value is -2.95. The molecular formula is C28H33NO3. The van der Waals surface area contributed by atoms with Crippen LogP contribution in [0.4, 0.5) is 0 Å². The quantitative estimate of drug-likeness (QED) is 0.277. The highest BCUT2D eigenvalue weighted by molar-refractivity contribution is 5.89. The van der Waals surface area contributed by atoms with Gasteiger partial charge >= 0.3 is 5.97 Å². The molecule has 0 heterocycles. The smallest absolute Gasteiger partial charge is 0.337 e. The second-order valence-corrected chi connectivity index (χ2v) is 7.89. The Labute approximate surface area is 191 Å². The second kappa shape index (κ2) is 13.5. The summed E-state index contributed by atoms with van der Waals surface area (Å²) in [4.78, 5) is 11.6. The standard InChI is InChI=1S/C28H33NO3/c1-31-28(30)26-18-16-24(17-19-26)21-29-22-27(25-14-8-3-9-15-25)32-20-10-4-7-13-23-11-5-2-6-12-23/h2-3,5-6,8-9,11-12,14-19,27,29H,4,7,10,13,20-22H2,1H3. The molecule has 0 amide bonds. The van der Waals surface area contributed by atoms with Gasteiger partial charge in [-0.1, -0.05) is 79.2 Å². The lowest BCUT2D eigenvalue weighted by Gasteiger charge is -2.19. The maximum absolute atomic E-state index is 11.6. The van der Waals surface area contributed by atoms with Gasteiger partial charge in [0, 0.05) is 19.7 Å². The van der Waals surface area contributed by atoms with E-state index in [9.17, 15) is 4.79 Å². The molecule has 168 valence electrons. The second-order valence-electron chi connectivity index (χ2n) is 7.89. The Kier molecular flexibility index (Phi) is 9.97. The van der Waals surface area contributed by atoms with Crippen LogP contribution in [0.2, 0.25) is 0 Å². The Morgan fingerprint density at radius 2 is 1.50 bits per heavy atom. The van der Waals surface area contributed by atoms with Gasteiger partial charge in [-0.15, -0.1) is 0 Å². The maximum Gasteiger partial charge on any atom is 0.337 e. The summed E-state index contributed by atoms with van der Waals surface area (Å²) in [5.74, 6) is -0.314. The Balaban J connectivity index is 1.42. The van der Waals surface area contributed by atoms with Gasteiger partial charge in [-0.3, -0.25) is 0 Å². The minimum Gasteiger partial charge on any atom is -0.465 e. The molecule has 0 radical (unpaired) electrons. The molecule has 0 aliphatic carbocycles. The fourth-order valence-corrected chi connectivity index (χ4v) is 3.64. The van der Waals surface area contributed by atoms with Crippen LogP contribution in [-0.4, -0.2) is 26.2 Å². The number of hydrogen-bond acceptors (Lipinski definition) is 4. The molecule has 0 aliphatic rings. The normalized spacial score (nSPS) is 11.8. The molecule has 0 fully saturated rings. The molecule has 1 N–H and O–H groups in total. The first-order chi connectivity index (χ1) is 15.8. The zero-order chi connectivity index (χ0) is 22.4. The van der Waals surface area contributed by atoms with Gasteiger partial charge in [0.05, 0.1) is 18.8 Å². The summed E-state index contributed by atoms with van der Waals surface area (Å²) in [5, 5.41) is 3.50. The van der Waals surface area contributed by atoms with Crippen molar-refractivity contribution in [2.24, 2.45) is 0 Å². The number of ether oxygens (including phenoxy) is 2. The largest absolute Gasteiger partial charge is 0.465 e. The van der Waals surface area contributed by atoms with Crippen molar-refractivity contribution in [3.05, 3.63) is 107 Å². The van der Waals surface area contributed by atoms with Crippen LogP contribution < -0.4 is 5.32 Å². The fraction of sp³-hybridized carbons (Fsp3) is 0.321. The average molecular weight is 432 g/mol. The number of hydrogen-bond donors (Lipinski definition) is 1. The van der Waals surface area contributed by atoms with Crippen molar-refractivity contribution in [3.63, 3.8) is 0 Å². The van der Waals surface area contributed by atoms with Crippen LogP contribution in [0.5, 0.6) is 0 Å². The summed E-state index contributed by atoms with van der Waals surface area (Å²) in [5.41, 5.74) is 4.27. The van der Waals surface area contributed by atoms with E-state index in [0.717, 1.165) is 38.0 Å². The van der Waals surface area contributed by atoms with E-state index in [4.69, 9.17) is 9.47 Å². The lowest BCUT2D eigenvalue weighted by atomic mass is 10.1. The number of methoxy groups -OCH3 is 1. The molecule has 4 nitrogen and oxygen atoms in total. The lowest BCUT2D eigenvalue weighted by Crippen LogP contribution is -2.23. The average Bonchev–Trinajstić information content (AvgIpc) is 2.86. The fourth-order valence-electron chi connectivity index (χ4n) is 3.64. The molecular weight excluding hydrogens is 398 g/mol. The molecule has 0 aromatic heterocycles. The van der Waals surface area contributed by atoms with Crippen molar-refractivity contribution in [2.75, 3.05) is 20.3 Å². The predicted molar refractivity (Wildman–Crippen MR) is 129 cm³/mol. The lowest BCUT2D eigenvalue weighted by molar-refractivity contribution is 0.0496. The van der Waals surface area contributed by atoms with Crippen molar-refractivity contribution < 1.29 is 14.3 Å². The van der Waals surface area contributed by atoms with Crippen LogP contribution in [0.3, 0.4) is 0 Å². The Morgan fingerprint density at radius 3 is 2.19 bits per heavy atom. The van der Waals surface area contributed by atoms with Crippen LogP contribution in [0.15, 0.2) is 84.9 Å². The molecule has 0 aliphatic heterocycles. The predicted octanol–water partition coefficient (Wildman–Crippen LogP) is 5.73. The zero-order valence-electron chi connectivity index (χ0n) is 18.8. The van der Waals surface area contributed by atoms with Gasteiger partial charge in [0.2, 0.25) is 0 Å². The van der Waals surface area contributed by atoms with Gasteiger partial charge in [-0.2, -0.15) is 0 Å². The van der Waals surface area contributed by atoms with Gasteiger partial charge < -0.3 is 14.8 Å². The third-order valence-corrected chi connectivity index (χ3v) is 5.48. The molecule has 32 heavy (non-hydrogen) atoms. The molecule has 0 saturated heterocycles. The summed E-state index contributed by atoms with van der Waals surface area (Å²) in [6.07, 6.45) is 4.55. The van der Waals surface area contributed by atoms with Crippen molar-refractivity contribution in [1.29, 1.82) is 0 Å². The van der Waals surface area contributed by atoms with Gasteiger partial charge in [0.15, 0.2) is 0 Å². The summed E-state index contributed by atoms with van der Waals surface area (Å²) in [7, 11) is 1.39. The Morgan fingerprint density at radius 1 is 0.812 bits per heavy atom. The molecule has 4 heteroatoms. The number of carbonyl (C=O) groups excluding carboxylic acids is 1. The first-order valence-corrected chi connectivity index (χ1v) is 11.3. The molecule has 3 rings (SSSR count). The zero-order valence-corrected chi connectivity index (χ0v) is 18.8. The van der Waals surface area contributed by atoms with Crippen LogP contribution in [-0.2, 0) is 22.4 Å². The third-order valence-electron chi connectivity index (χ3n) is 5.48. The third kappa shape index (κ3) is 7.95. The van der Waals surface area contributed by atoms with Crippen molar-refractivity contribution in [1.82, 2.24) is 5.32 Å². The van der Waals surface area contributed by atoms with E-state index in [1.165, 1.54) is 24.7 Å². The van der Waals surface area contributed by atoms with E-state index >= 15 is 0 Å². The first kappa shape index (κ1) is 23.7. The first-order valence-electron chi connectivity index (χ1n) is 11.3. The molecule has 3 aromatic rings. The summed E-state index contributed by atoms with van der Waals surface area (Å²) in [6.45, 7) is 2.20. The van der Waals surface area contributed by atoms with E-state index in [-0.39, 0.29) is 12.1 Å². The van der Waals surface area contributed by atoms with E-state index < -0.39 is 0 Å². The monoisotopic (exact) mass is 431 g/mol. The molecule has 1 atom stereocenters. The number of unbranched alkanes of at least 4 members (excludes halogenated alkanes) is 2. The summed E-state index contributed by atoms with van der Waals surface area (Å²) >= 11 is 0. The van der Waals surface area contributed by atoms with E-state index in [2.05, 4.69) is 59.9 Å². The van der Waals surface area contributed by atoms with Crippen LogP contribution in [0.1, 0.15) is 52.4 Å². The minimum absolute atomic E-state index is 0.0136. The highest BCUT2D eigenvalue weighted by atomic mass is 16.5. The van der Waals surface area contributed by atoms with E-state index in [1.54, 1.807) is 12.1 Å². The molecule has 1 unspecified atom stereocenters. The molecule has 0 bridgehead atoms. The SMILES string of the molecule is COC(=O)c1ccc(CNCC(OCCCCCc2ccccc2)c2ccccc2)cc1. The minimum atomic E-state index is -0.314. The molecule has 0 saturated carbocycles. The summed E-state index contributed by atoms with van der Waals surface area (Å²) in [6, 6.07) is 28.5. The number of esters is 1. The number of carbonyl (C=O) groups is 1.